The summed E-state index contributed by atoms with van der Waals surface area (Å²) < 4.78 is 0. The molecule has 2 aromatic carbocycles. The smallest absolute Gasteiger partial charge is 0.118 e. The van der Waals surface area contributed by atoms with E-state index in [0.29, 0.717) is 5.75 Å². The van der Waals surface area contributed by atoms with Gasteiger partial charge in [0.2, 0.25) is 0 Å². The molecule has 0 unspecified atom stereocenters. The zero-order valence-electron chi connectivity index (χ0n) is 11.5. The van der Waals surface area contributed by atoms with Gasteiger partial charge in [-0.1, -0.05) is 12.1 Å². The quantitative estimate of drug-likeness (QED) is 0.642. The van der Waals surface area contributed by atoms with Gasteiger partial charge in [0.05, 0.1) is 0 Å². The lowest BCUT2D eigenvalue weighted by atomic mass is 10.1. The second-order valence-electron chi connectivity index (χ2n) is 4.66. The fourth-order valence-corrected chi connectivity index (χ4v) is 2.34. The highest BCUT2D eigenvalue weighted by molar-refractivity contribution is 7.98. The van der Waals surface area contributed by atoms with Crippen LogP contribution in [-0.2, 0) is 6.54 Å². The molecule has 0 aromatic heterocycles. The maximum Gasteiger partial charge on any atom is 0.118 e. The number of anilines is 1. The van der Waals surface area contributed by atoms with E-state index in [-0.39, 0.29) is 0 Å². The minimum absolute atomic E-state index is 0.354. The third-order valence-corrected chi connectivity index (χ3v) is 3.93. The standard InChI is InChI=1S/C16H19NOS/c1-11-9-16(18)12(2)8-15(11)17-10-13-4-6-14(19-3)7-5-13/h4-9,17-18H,10H2,1-3H3. The van der Waals surface area contributed by atoms with Crippen LogP contribution in [0.2, 0.25) is 0 Å². The Hall–Kier alpha value is -1.61. The van der Waals surface area contributed by atoms with Crippen LogP contribution in [-0.4, -0.2) is 11.4 Å². The van der Waals surface area contributed by atoms with E-state index in [4.69, 9.17) is 0 Å². The Balaban J connectivity index is 2.07. The van der Waals surface area contributed by atoms with E-state index in [2.05, 4.69) is 35.8 Å². The molecule has 0 radical (unpaired) electrons. The summed E-state index contributed by atoms with van der Waals surface area (Å²) in [5.41, 5.74) is 4.28. The lowest BCUT2D eigenvalue weighted by Crippen LogP contribution is -2.01. The van der Waals surface area contributed by atoms with Crippen LogP contribution < -0.4 is 5.32 Å². The van der Waals surface area contributed by atoms with Crippen molar-refractivity contribution in [2.45, 2.75) is 25.3 Å². The Labute approximate surface area is 118 Å². The Morgan fingerprint density at radius 3 is 2.37 bits per heavy atom. The molecule has 0 aliphatic carbocycles. The van der Waals surface area contributed by atoms with E-state index >= 15 is 0 Å². The van der Waals surface area contributed by atoms with Gasteiger partial charge in [0.25, 0.3) is 0 Å². The van der Waals surface area contributed by atoms with Crippen molar-refractivity contribution in [3.8, 4) is 5.75 Å². The highest BCUT2D eigenvalue weighted by Crippen LogP contribution is 2.25. The number of aromatic hydroxyl groups is 1. The summed E-state index contributed by atoms with van der Waals surface area (Å²) in [5.74, 6) is 0.354. The summed E-state index contributed by atoms with van der Waals surface area (Å²) in [6.45, 7) is 4.70. The highest BCUT2D eigenvalue weighted by Gasteiger charge is 2.03. The minimum Gasteiger partial charge on any atom is -0.508 e. The van der Waals surface area contributed by atoms with Gasteiger partial charge in [-0.05, 0) is 61.1 Å². The van der Waals surface area contributed by atoms with Gasteiger partial charge in [0.15, 0.2) is 0 Å². The number of phenolic OH excluding ortho intramolecular Hbond substituents is 1. The van der Waals surface area contributed by atoms with E-state index in [1.165, 1.54) is 10.5 Å². The predicted molar refractivity (Wildman–Crippen MR) is 83.1 cm³/mol. The average molecular weight is 273 g/mol. The molecule has 0 fully saturated rings. The maximum atomic E-state index is 9.64. The monoisotopic (exact) mass is 273 g/mol. The number of phenols is 1. The fourth-order valence-electron chi connectivity index (χ4n) is 1.93. The first-order valence-electron chi connectivity index (χ1n) is 6.27. The Morgan fingerprint density at radius 1 is 1.05 bits per heavy atom. The van der Waals surface area contributed by atoms with Crippen molar-refractivity contribution in [3.63, 3.8) is 0 Å². The maximum absolute atomic E-state index is 9.64. The molecule has 0 spiro atoms. The molecule has 0 aliphatic heterocycles. The van der Waals surface area contributed by atoms with E-state index in [1.54, 1.807) is 17.8 Å². The molecule has 0 heterocycles. The van der Waals surface area contributed by atoms with E-state index < -0.39 is 0 Å². The normalized spacial score (nSPS) is 10.5. The van der Waals surface area contributed by atoms with Crippen molar-refractivity contribution >= 4 is 17.4 Å². The van der Waals surface area contributed by atoms with Crippen molar-refractivity contribution < 1.29 is 5.11 Å². The number of hydrogen-bond donors (Lipinski definition) is 2. The van der Waals surface area contributed by atoms with Gasteiger partial charge in [0.1, 0.15) is 5.75 Å². The van der Waals surface area contributed by atoms with Crippen LogP contribution in [0.25, 0.3) is 0 Å². The summed E-state index contributed by atoms with van der Waals surface area (Å²) in [5, 5.41) is 13.1. The van der Waals surface area contributed by atoms with E-state index in [9.17, 15) is 5.11 Å². The second-order valence-corrected chi connectivity index (χ2v) is 5.53. The fraction of sp³-hybridized carbons (Fsp3) is 0.250. The van der Waals surface area contributed by atoms with Gasteiger partial charge >= 0.3 is 0 Å². The van der Waals surface area contributed by atoms with Gasteiger partial charge in [-0.3, -0.25) is 0 Å². The molecule has 19 heavy (non-hydrogen) atoms. The minimum atomic E-state index is 0.354. The van der Waals surface area contributed by atoms with Gasteiger partial charge < -0.3 is 10.4 Å². The number of rotatable bonds is 4. The third kappa shape index (κ3) is 3.44. The Morgan fingerprint density at radius 2 is 1.74 bits per heavy atom. The summed E-state index contributed by atoms with van der Waals surface area (Å²) in [4.78, 5) is 1.28. The van der Waals surface area contributed by atoms with Crippen LogP contribution in [0.1, 0.15) is 16.7 Å². The third-order valence-electron chi connectivity index (χ3n) is 3.18. The zero-order chi connectivity index (χ0) is 13.8. The number of hydrogen-bond acceptors (Lipinski definition) is 3. The topological polar surface area (TPSA) is 32.3 Å². The molecule has 2 nitrogen and oxygen atoms in total. The molecule has 0 amide bonds. The molecular weight excluding hydrogens is 254 g/mol. The first kappa shape index (κ1) is 13.8. The Bertz CT molecular complexity index is 564. The Kier molecular flexibility index (Phi) is 4.38. The summed E-state index contributed by atoms with van der Waals surface area (Å²) in [6, 6.07) is 12.3. The molecular formula is C16H19NOS. The molecule has 0 bridgehead atoms. The van der Waals surface area contributed by atoms with Crippen LogP contribution in [0.3, 0.4) is 0 Å². The summed E-state index contributed by atoms with van der Waals surface area (Å²) in [7, 11) is 0. The molecule has 2 rings (SSSR count). The van der Waals surface area contributed by atoms with Crippen molar-refractivity contribution in [1.29, 1.82) is 0 Å². The van der Waals surface area contributed by atoms with Crippen LogP contribution in [0.5, 0.6) is 5.75 Å². The summed E-state index contributed by atoms with van der Waals surface area (Å²) >= 11 is 1.75. The molecule has 0 saturated heterocycles. The average Bonchev–Trinajstić information content (AvgIpc) is 2.42. The van der Waals surface area contributed by atoms with Gasteiger partial charge in [0, 0.05) is 17.1 Å². The van der Waals surface area contributed by atoms with Crippen LogP contribution >= 0.6 is 11.8 Å². The first-order chi connectivity index (χ1) is 9.10. The van der Waals surface area contributed by atoms with Crippen LogP contribution in [0, 0.1) is 13.8 Å². The highest BCUT2D eigenvalue weighted by atomic mass is 32.2. The number of aryl methyl sites for hydroxylation is 2. The van der Waals surface area contributed by atoms with Crippen molar-refractivity contribution in [3.05, 3.63) is 53.1 Å². The van der Waals surface area contributed by atoms with Gasteiger partial charge in [-0.25, -0.2) is 0 Å². The van der Waals surface area contributed by atoms with Crippen molar-refractivity contribution in [2.24, 2.45) is 0 Å². The molecule has 100 valence electrons. The van der Waals surface area contributed by atoms with Crippen molar-refractivity contribution in [2.75, 3.05) is 11.6 Å². The predicted octanol–water partition coefficient (Wildman–Crippen LogP) is 4.34. The summed E-state index contributed by atoms with van der Waals surface area (Å²) in [6.07, 6.45) is 2.08. The largest absolute Gasteiger partial charge is 0.508 e. The SMILES string of the molecule is CSc1ccc(CNc2cc(C)c(O)cc2C)cc1. The number of thioether (sulfide) groups is 1. The first-order valence-corrected chi connectivity index (χ1v) is 7.49. The van der Waals surface area contributed by atoms with Gasteiger partial charge in [-0.15, -0.1) is 11.8 Å². The van der Waals surface area contributed by atoms with Crippen LogP contribution in [0.4, 0.5) is 5.69 Å². The molecule has 0 saturated carbocycles. The second kappa shape index (κ2) is 6.02. The van der Waals surface area contributed by atoms with E-state index in [0.717, 1.165) is 23.4 Å². The number of benzene rings is 2. The molecule has 0 aliphatic rings. The number of nitrogens with one attached hydrogen (secondary N) is 1. The van der Waals surface area contributed by atoms with Crippen LogP contribution in [0.15, 0.2) is 41.3 Å². The molecule has 2 aromatic rings. The van der Waals surface area contributed by atoms with Crippen molar-refractivity contribution in [1.82, 2.24) is 0 Å². The molecule has 2 N–H and O–H groups in total. The van der Waals surface area contributed by atoms with E-state index in [1.807, 2.05) is 19.9 Å². The molecule has 3 heteroatoms. The lowest BCUT2D eigenvalue weighted by Gasteiger charge is -2.12. The lowest BCUT2D eigenvalue weighted by molar-refractivity contribution is 0.471. The van der Waals surface area contributed by atoms with Gasteiger partial charge in [-0.2, -0.15) is 0 Å². The zero-order valence-corrected chi connectivity index (χ0v) is 12.3. The molecule has 0 atom stereocenters.